The number of phenolic OH excluding ortho intramolecular Hbond substituents is 2. The topological polar surface area (TPSA) is 61.7 Å². The highest BCUT2D eigenvalue weighted by atomic mass is 16.5. The Morgan fingerprint density at radius 1 is 1.14 bits per heavy atom. The highest BCUT2D eigenvalue weighted by Crippen LogP contribution is 2.28. The summed E-state index contributed by atoms with van der Waals surface area (Å²) in [6.45, 7) is 2.61. The summed E-state index contributed by atoms with van der Waals surface area (Å²) in [7, 11) is 1.66. The number of hydrogen-bond donors (Lipinski definition) is 3. The summed E-state index contributed by atoms with van der Waals surface area (Å²) in [6.07, 6.45) is 0.902. The van der Waals surface area contributed by atoms with E-state index < -0.39 is 0 Å². The molecule has 2 aromatic rings. The molecule has 0 aliphatic carbocycles. The molecule has 4 heteroatoms. The smallest absolute Gasteiger partial charge is 0.123 e. The maximum absolute atomic E-state index is 9.82. The minimum atomic E-state index is 0.0630. The van der Waals surface area contributed by atoms with Crippen molar-refractivity contribution in [3.63, 3.8) is 0 Å². The van der Waals surface area contributed by atoms with Crippen molar-refractivity contribution in [1.29, 1.82) is 0 Å². The summed E-state index contributed by atoms with van der Waals surface area (Å²) < 4.78 is 5.40. The fraction of sp³-hybridized carbons (Fsp3) is 0.294. The first-order chi connectivity index (χ1) is 10.2. The third kappa shape index (κ3) is 3.67. The monoisotopic (exact) mass is 287 g/mol. The molecule has 0 aromatic heterocycles. The molecular formula is C17H21NO3. The standard InChI is InChI=1S/C17H21NO3/c1-3-15(14-6-4-5-7-17(14)21-2)18-11-12-8-9-13(19)10-16(12)20/h4-10,15,18-20H,3,11H2,1-2H3. The van der Waals surface area contributed by atoms with Crippen LogP contribution in [0.25, 0.3) is 0 Å². The minimum Gasteiger partial charge on any atom is -0.508 e. The van der Waals surface area contributed by atoms with Gasteiger partial charge in [0, 0.05) is 29.8 Å². The van der Waals surface area contributed by atoms with Gasteiger partial charge in [0.2, 0.25) is 0 Å². The lowest BCUT2D eigenvalue weighted by molar-refractivity contribution is 0.395. The molecule has 1 atom stereocenters. The number of para-hydroxylation sites is 1. The fourth-order valence-electron chi connectivity index (χ4n) is 2.36. The second kappa shape index (κ2) is 6.99. The SMILES string of the molecule is CCC(NCc1ccc(O)cc1O)c1ccccc1OC. The Labute approximate surface area is 125 Å². The molecule has 0 saturated carbocycles. The number of ether oxygens (including phenoxy) is 1. The van der Waals surface area contributed by atoms with Gasteiger partial charge in [0.05, 0.1) is 7.11 Å². The van der Waals surface area contributed by atoms with Gasteiger partial charge >= 0.3 is 0 Å². The van der Waals surface area contributed by atoms with Crippen LogP contribution in [0.4, 0.5) is 0 Å². The van der Waals surface area contributed by atoms with Crippen LogP contribution < -0.4 is 10.1 Å². The highest BCUT2D eigenvalue weighted by Gasteiger charge is 2.14. The van der Waals surface area contributed by atoms with Gasteiger partial charge in [0.15, 0.2) is 0 Å². The molecule has 0 spiro atoms. The van der Waals surface area contributed by atoms with Gasteiger partial charge in [-0.25, -0.2) is 0 Å². The van der Waals surface area contributed by atoms with E-state index in [9.17, 15) is 10.2 Å². The van der Waals surface area contributed by atoms with E-state index in [0.29, 0.717) is 6.54 Å². The van der Waals surface area contributed by atoms with Gasteiger partial charge in [0.1, 0.15) is 17.2 Å². The Kier molecular flexibility index (Phi) is 5.06. The highest BCUT2D eigenvalue weighted by molar-refractivity contribution is 5.39. The Morgan fingerprint density at radius 2 is 1.90 bits per heavy atom. The third-order valence-corrected chi connectivity index (χ3v) is 3.53. The molecule has 0 saturated heterocycles. The minimum absolute atomic E-state index is 0.0630. The van der Waals surface area contributed by atoms with Gasteiger partial charge in [0.25, 0.3) is 0 Å². The summed E-state index contributed by atoms with van der Waals surface area (Å²) in [6, 6.07) is 12.7. The Morgan fingerprint density at radius 3 is 2.57 bits per heavy atom. The molecule has 0 fully saturated rings. The van der Waals surface area contributed by atoms with Crippen LogP contribution >= 0.6 is 0 Å². The lowest BCUT2D eigenvalue weighted by Gasteiger charge is -2.20. The molecule has 2 rings (SSSR count). The number of rotatable bonds is 6. The first-order valence-electron chi connectivity index (χ1n) is 7.02. The number of aromatic hydroxyl groups is 2. The fourth-order valence-corrected chi connectivity index (χ4v) is 2.36. The van der Waals surface area contributed by atoms with Crippen molar-refractivity contribution in [2.75, 3.05) is 7.11 Å². The average molecular weight is 287 g/mol. The van der Waals surface area contributed by atoms with Crippen LogP contribution in [-0.4, -0.2) is 17.3 Å². The molecule has 2 aromatic carbocycles. The maximum Gasteiger partial charge on any atom is 0.123 e. The van der Waals surface area contributed by atoms with Crippen molar-refractivity contribution in [2.45, 2.75) is 25.9 Å². The number of methoxy groups -OCH3 is 1. The third-order valence-electron chi connectivity index (χ3n) is 3.53. The zero-order chi connectivity index (χ0) is 15.2. The predicted octanol–water partition coefficient (Wildman–Crippen LogP) is 3.35. The van der Waals surface area contributed by atoms with Crippen molar-refractivity contribution in [1.82, 2.24) is 5.32 Å². The van der Waals surface area contributed by atoms with Crippen LogP contribution in [0.5, 0.6) is 17.2 Å². The Balaban J connectivity index is 2.12. The summed E-state index contributed by atoms with van der Waals surface area (Å²) in [5.74, 6) is 1.01. The number of phenols is 2. The van der Waals surface area contributed by atoms with Crippen molar-refractivity contribution in [2.24, 2.45) is 0 Å². The van der Waals surface area contributed by atoms with Crippen molar-refractivity contribution in [3.8, 4) is 17.2 Å². The normalized spacial score (nSPS) is 12.1. The van der Waals surface area contributed by atoms with Crippen LogP contribution in [-0.2, 0) is 6.54 Å². The van der Waals surface area contributed by atoms with Crippen LogP contribution in [0.15, 0.2) is 42.5 Å². The van der Waals surface area contributed by atoms with E-state index in [0.717, 1.165) is 23.3 Å². The lowest BCUT2D eigenvalue weighted by Crippen LogP contribution is -2.20. The molecule has 4 nitrogen and oxygen atoms in total. The lowest BCUT2D eigenvalue weighted by atomic mass is 10.0. The van der Waals surface area contributed by atoms with E-state index in [-0.39, 0.29) is 17.5 Å². The van der Waals surface area contributed by atoms with Crippen molar-refractivity contribution < 1.29 is 14.9 Å². The number of benzene rings is 2. The molecule has 0 heterocycles. The molecule has 0 aliphatic heterocycles. The zero-order valence-electron chi connectivity index (χ0n) is 12.3. The second-order valence-corrected chi connectivity index (χ2v) is 4.90. The first-order valence-corrected chi connectivity index (χ1v) is 7.02. The van der Waals surface area contributed by atoms with E-state index in [2.05, 4.69) is 12.2 Å². The first kappa shape index (κ1) is 15.2. The van der Waals surface area contributed by atoms with Crippen LogP contribution in [0, 0.1) is 0 Å². The van der Waals surface area contributed by atoms with E-state index in [1.165, 1.54) is 6.07 Å². The van der Waals surface area contributed by atoms with Gasteiger partial charge in [-0.15, -0.1) is 0 Å². The van der Waals surface area contributed by atoms with E-state index in [4.69, 9.17) is 4.74 Å². The molecule has 3 N–H and O–H groups in total. The maximum atomic E-state index is 9.82. The average Bonchev–Trinajstić information content (AvgIpc) is 2.50. The van der Waals surface area contributed by atoms with E-state index in [1.54, 1.807) is 19.2 Å². The summed E-state index contributed by atoms with van der Waals surface area (Å²) in [4.78, 5) is 0. The summed E-state index contributed by atoms with van der Waals surface area (Å²) >= 11 is 0. The predicted molar refractivity (Wildman–Crippen MR) is 82.6 cm³/mol. The molecular weight excluding hydrogens is 266 g/mol. The second-order valence-electron chi connectivity index (χ2n) is 4.90. The van der Waals surface area contributed by atoms with E-state index in [1.807, 2.05) is 24.3 Å². The van der Waals surface area contributed by atoms with Crippen LogP contribution in [0.1, 0.15) is 30.5 Å². The van der Waals surface area contributed by atoms with Crippen molar-refractivity contribution in [3.05, 3.63) is 53.6 Å². The van der Waals surface area contributed by atoms with Gasteiger partial charge < -0.3 is 20.3 Å². The van der Waals surface area contributed by atoms with Crippen LogP contribution in [0.2, 0.25) is 0 Å². The van der Waals surface area contributed by atoms with E-state index >= 15 is 0 Å². The molecule has 1 unspecified atom stereocenters. The van der Waals surface area contributed by atoms with Crippen molar-refractivity contribution >= 4 is 0 Å². The summed E-state index contributed by atoms with van der Waals surface area (Å²) in [5.41, 5.74) is 1.85. The number of hydrogen-bond acceptors (Lipinski definition) is 4. The molecule has 0 amide bonds. The van der Waals surface area contributed by atoms with Gasteiger partial charge in [-0.3, -0.25) is 0 Å². The zero-order valence-corrected chi connectivity index (χ0v) is 12.3. The summed E-state index contributed by atoms with van der Waals surface area (Å²) in [5, 5.41) is 22.5. The van der Waals surface area contributed by atoms with Gasteiger partial charge in [-0.1, -0.05) is 31.2 Å². The number of nitrogens with one attached hydrogen (secondary N) is 1. The molecule has 0 bridgehead atoms. The molecule has 21 heavy (non-hydrogen) atoms. The quantitative estimate of drug-likeness (QED) is 0.762. The van der Waals surface area contributed by atoms with Gasteiger partial charge in [-0.2, -0.15) is 0 Å². The van der Waals surface area contributed by atoms with Gasteiger partial charge in [-0.05, 0) is 18.6 Å². The largest absolute Gasteiger partial charge is 0.508 e. The Hall–Kier alpha value is -2.20. The Bertz CT molecular complexity index is 598. The molecule has 0 radical (unpaired) electrons. The van der Waals surface area contributed by atoms with Crippen LogP contribution in [0.3, 0.4) is 0 Å². The molecule has 0 aliphatic rings. The molecule has 112 valence electrons.